The van der Waals surface area contributed by atoms with E-state index in [2.05, 4.69) is 31.3 Å². The normalized spacial score (nSPS) is 23.2. The van der Waals surface area contributed by atoms with E-state index in [4.69, 9.17) is 9.73 Å². The molecule has 4 heteroatoms. The van der Waals surface area contributed by atoms with E-state index < -0.39 is 0 Å². The third kappa shape index (κ3) is 3.68. The van der Waals surface area contributed by atoms with Gasteiger partial charge in [0.05, 0.1) is 29.4 Å². The van der Waals surface area contributed by atoms with Crippen molar-refractivity contribution in [2.45, 2.75) is 52.7 Å². The summed E-state index contributed by atoms with van der Waals surface area (Å²) in [6.45, 7) is 8.34. The van der Waals surface area contributed by atoms with Crippen LogP contribution in [0.15, 0.2) is 53.5 Å². The van der Waals surface area contributed by atoms with Crippen molar-refractivity contribution in [3.8, 4) is 5.75 Å². The molecule has 0 bridgehead atoms. The minimum absolute atomic E-state index is 0.0504. The van der Waals surface area contributed by atoms with Gasteiger partial charge in [-0.05, 0) is 55.5 Å². The van der Waals surface area contributed by atoms with E-state index in [-0.39, 0.29) is 29.3 Å². The Hall–Kier alpha value is -2.62. The fourth-order valence-corrected chi connectivity index (χ4v) is 4.32. The molecule has 1 heterocycles. The molecule has 2 aliphatic rings. The van der Waals surface area contributed by atoms with Crippen molar-refractivity contribution in [2.24, 2.45) is 16.3 Å². The largest absolute Gasteiger partial charge is 0.491 e. The fourth-order valence-electron chi connectivity index (χ4n) is 4.32. The number of carbonyl (C=O) groups excluding carboxylic acids is 1. The summed E-state index contributed by atoms with van der Waals surface area (Å²) in [5, 5.41) is 3.62. The maximum absolute atomic E-state index is 13.2. The van der Waals surface area contributed by atoms with Gasteiger partial charge in [-0.25, -0.2) is 0 Å². The molecule has 0 saturated heterocycles. The Morgan fingerprint density at radius 1 is 1.07 bits per heavy atom. The first kappa shape index (κ1) is 18.7. The van der Waals surface area contributed by atoms with Crippen LogP contribution >= 0.6 is 0 Å². The predicted molar refractivity (Wildman–Crippen MR) is 114 cm³/mol. The van der Waals surface area contributed by atoms with Gasteiger partial charge in [-0.1, -0.05) is 38.1 Å². The number of para-hydroxylation sites is 2. The highest BCUT2D eigenvalue weighted by Gasteiger charge is 2.43. The number of hydrogen-bond acceptors (Lipinski definition) is 4. The number of carbonyl (C=O) groups is 1. The monoisotopic (exact) mass is 376 g/mol. The van der Waals surface area contributed by atoms with E-state index >= 15 is 0 Å². The average molecular weight is 377 g/mol. The molecule has 2 aromatic carbocycles. The predicted octanol–water partition coefficient (Wildman–Crippen LogP) is 5.72. The quantitative estimate of drug-likeness (QED) is 0.745. The van der Waals surface area contributed by atoms with Crippen molar-refractivity contribution < 1.29 is 9.53 Å². The van der Waals surface area contributed by atoms with Crippen LogP contribution in [-0.2, 0) is 4.79 Å². The summed E-state index contributed by atoms with van der Waals surface area (Å²) in [7, 11) is 0. The fraction of sp³-hybridized carbons (Fsp3) is 0.417. The van der Waals surface area contributed by atoms with Crippen LogP contribution in [0.5, 0.6) is 5.75 Å². The number of ether oxygens (including phenoxy) is 1. The summed E-state index contributed by atoms with van der Waals surface area (Å²) in [4.78, 5) is 18.1. The second-order valence-electron chi connectivity index (χ2n) is 8.94. The standard InChI is InChI=1S/C24H28N2O2/c1-15(2)28-17-11-9-16(10-12-17)23-22-20(13-24(3,4)14-21(22)27)25-18-7-5-6-8-19(18)26-23/h5-12,15,22-23,26H,13-14H2,1-4H3/t22-,23-/m0/s1. The topological polar surface area (TPSA) is 50.7 Å². The number of benzene rings is 2. The maximum Gasteiger partial charge on any atom is 0.144 e. The molecular weight excluding hydrogens is 348 g/mol. The Balaban J connectivity index is 1.76. The van der Waals surface area contributed by atoms with Gasteiger partial charge in [-0.3, -0.25) is 9.79 Å². The Bertz CT molecular complexity index is 912. The van der Waals surface area contributed by atoms with Crippen LogP contribution in [0.1, 0.15) is 52.1 Å². The number of rotatable bonds is 3. The molecule has 4 nitrogen and oxygen atoms in total. The third-order valence-electron chi connectivity index (χ3n) is 5.44. The van der Waals surface area contributed by atoms with E-state index in [0.717, 1.165) is 34.8 Å². The number of anilines is 1. The van der Waals surface area contributed by atoms with Crippen LogP contribution < -0.4 is 10.1 Å². The van der Waals surface area contributed by atoms with Gasteiger partial charge < -0.3 is 10.1 Å². The summed E-state index contributed by atoms with van der Waals surface area (Å²) in [5.74, 6) is 0.873. The second-order valence-corrected chi connectivity index (χ2v) is 8.94. The maximum atomic E-state index is 13.2. The molecular formula is C24H28N2O2. The van der Waals surface area contributed by atoms with Crippen LogP contribution in [-0.4, -0.2) is 17.6 Å². The Morgan fingerprint density at radius 2 is 1.79 bits per heavy atom. The summed E-state index contributed by atoms with van der Waals surface area (Å²) in [6.07, 6.45) is 1.55. The van der Waals surface area contributed by atoms with Gasteiger partial charge in [0.2, 0.25) is 0 Å². The zero-order valence-electron chi connectivity index (χ0n) is 17.0. The van der Waals surface area contributed by atoms with Crippen LogP contribution in [0, 0.1) is 11.3 Å². The molecule has 28 heavy (non-hydrogen) atoms. The number of fused-ring (bicyclic) bond motifs is 2. The van der Waals surface area contributed by atoms with Gasteiger partial charge in [0.25, 0.3) is 0 Å². The minimum atomic E-state index is -0.239. The summed E-state index contributed by atoms with van der Waals surface area (Å²) >= 11 is 0. The van der Waals surface area contributed by atoms with Crippen molar-refractivity contribution in [3.63, 3.8) is 0 Å². The molecule has 4 rings (SSSR count). The van der Waals surface area contributed by atoms with Crippen LogP contribution in [0.2, 0.25) is 0 Å². The molecule has 0 aromatic heterocycles. The molecule has 2 aromatic rings. The first-order valence-corrected chi connectivity index (χ1v) is 10.0. The first-order valence-electron chi connectivity index (χ1n) is 10.0. The SMILES string of the molecule is CC(C)Oc1ccc([C@@H]2Nc3ccccc3N=C3CC(C)(C)CC(=O)[C@H]32)cc1. The van der Waals surface area contributed by atoms with Gasteiger partial charge in [0.1, 0.15) is 11.5 Å². The Morgan fingerprint density at radius 3 is 2.50 bits per heavy atom. The first-order chi connectivity index (χ1) is 13.3. The second kappa shape index (κ2) is 7.08. The van der Waals surface area contributed by atoms with Crippen molar-refractivity contribution in [1.82, 2.24) is 0 Å². The highest BCUT2D eigenvalue weighted by Crippen LogP contribution is 2.45. The molecule has 1 saturated carbocycles. The summed E-state index contributed by atoms with van der Waals surface area (Å²) < 4.78 is 5.78. The van der Waals surface area contributed by atoms with Crippen LogP contribution in [0.25, 0.3) is 0 Å². The molecule has 1 fully saturated rings. The lowest BCUT2D eigenvalue weighted by molar-refractivity contribution is -0.124. The molecule has 1 N–H and O–H groups in total. The van der Waals surface area contributed by atoms with Gasteiger partial charge in [0.15, 0.2) is 0 Å². The Kier molecular flexibility index (Phi) is 4.74. The van der Waals surface area contributed by atoms with Gasteiger partial charge in [-0.2, -0.15) is 0 Å². The van der Waals surface area contributed by atoms with Gasteiger partial charge in [0, 0.05) is 12.1 Å². The molecule has 0 amide bonds. The number of Topliss-reactive ketones (excluding diaryl/α,β-unsaturated/α-hetero) is 1. The zero-order chi connectivity index (χ0) is 19.9. The third-order valence-corrected chi connectivity index (χ3v) is 5.44. The lowest BCUT2D eigenvalue weighted by Crippen LogP contribution is -2.42. The minimum Gasteiger partial charge on any atom is -0.491 e. The molecule has 0 radical (unpaired) electrons. The highest BCUT2D eigenvalue weighted by atomic mass is 16.5. The molecule has 1 aliphatic heterocycles. The van der Waals surface area contributed by atoms with Crippen molar-refractivity contribution in [1.29, 1.82) is 0 Å². The zero-order valence-corrected chi connectivity index (χ0v) is 17.0. The van der Waals surface area contributed by atoms with E-state index in [1.54, 1.807) is 0 Å². The number of nitrogens with zero attached hydrogens (tertiary/aromatic N) is 1. The number of nitrogens with one attached hydrogen (secondary N) is 1. The van der Waals surface area contributed by atoms with Crippen LogP contribution in [0.4, 0.5) is 11.4 Å². The molecule has 1 aliphatic carbocycles. The van der Waals surface area contributed by atoms with Gasteiger partial charge >= 0.3 is 0 Å². The highest BCUT2D eigenvalue weighted by molar-refractivity contribution is 6.10. The summed E-state index contributed by atoms with van der Waals surface area (Å²) in [6, 6.07) is 16.0. The molecule has 146 valence electrons. The van der Waals surface area contributed by atoms with E-state index in [1.807, 2.05) is 50.2 Å². The number of aliphatic imine (C=N–C) groups is 1. The van der Waals surface area contributed by atoms with Gasteiger partial charge in [-0.15, -0.1) is 0 Å². The average Bonchev–Trinajstić information content (AvgIpc) is 2.77. The van der Waals surface area contributed by atoms with Crippen molar-refractivity contribution >= 4 is 22.9 Å². The van der Waals surface area contributed by atoms with E-state index in [1.165, 1.54) is 0 Å². The number of hydrogen-bond donors (Lipinski definition) is 1. The Labute approximate surface area is 167 Å². The van der Waals surface area contributed by atoms with Crippen molar-refractivity contribution in [3.05, 3.63) is 54.1 Å². The van der Waals surface area contributed by atoms with Crippen LogP contribution in [0.3, 0.4) is 0 Å². The van der Waals surface area contributed by atoms with E-state index in [9.17, 15) is 4.79 Å². The lowest BCUT2D eigenvalue weighted by Gasteiger charge is -2.37. The lowest BCUT2D eigenvalue weighted by atomic mass is 9.68. The van der Waals surface area contributed by atoms with Crippen molar-refractivity contribution in [2.75, 3.05) is 5.32 Å². The molecule has 0 spiro atoms. The molecule has 0 unspecified atom stereocenters. The van der Waals surface area contributed by atoms with E-state index in [0.29, 0.717) is 6.42 Å². The molecule has 2 atom stereocenters. The smallest absolute Gasteiger partial charge is 0.144 e. The number of ketones is 1. The summed E-state index contributed by atoms with van der Waals surface area (Å²) in [5.41, 5.74) is 3.91.